The van der Waals surface area contributed by atoms with Crippen LogP contribution >= 0.6 is 11.8 Å². The minimum Gasteiger partial charge on any atom is -0.497 e. The van der Waals surface area contributed by atoms with Crippen molar-refractivity contribution in [3.8, 4) is 5.75 Å². The third-order valence-electron chi connectivity index (χ3n) is 2.33. The van der Waals surface area contributed by atoms with Gasteiger partial charge in [0.1, 0.15) is 11.7 Å². The fraction of sp³-hybridized carbons (Fsp3) is 0.364. The highest BCUT2D eigenvalue weighted by molar-refractivity contribution is 7.99. The minimum absolute atomic E-state index is 0.368. The van der Waals surface area contributed by atoms with Gasteiger partial charge in [0.2, 0.25) is 0 Å². The lowest BCUT2D eigenvalue weighted by Crippen LogP contribution is -2.37. The van der Waals surface area contributed by atoms with Crippen LogP contribution in [-0.4, -0.2) is 30.1 Å². The minimum atomic E-state index is -4.55. The molecule has 3 N–H and O–H groups in total. The number of ether oxygens (including phenoxy) is 1. The maximum Gasteiger partial charge on any atom is 0.399 e. The Morgan fingerprint density at radius 3 is 2.74 bits per heavy atom. The second-order valence-electron chi connectivity index (χ2n) is 3.61. The van der Waals surface area contributed by atoms with Crippen LogP contribution < -0.4 is 10.5 Å². The molecule has 0 saturated carbocycles. The molecule has 1 atom stereocenters. The normalized spacial score (nSPS) is 14.2. The first-order chi connectivity index (χ1) is 8.88. The molecule has 1 aromatic carbocycles. The smallest absolute Gasteiger partial charge is 0.399 e. The van der Waals surface area contributed by atoms with Crippen molar-refractivity contribution in [2.45, 2.75) is 11.1 Å². The molecule has 1 unspecified atom stereocenters. The van der Waals surface area contributed by atoms with E-state index in [-0.39, 0.29) is 5.75 Å². The molecule has 8 heteroatoms. The van der Waals surface area contributed by atoms with Crippen molar-refractivity contribution < 1.29 is 23.1 Å². The van der Waals surface area contributed by atoms with Crippen LogP contribution in [0.1, 0.15) is 0 Å². The largest absolute Gasteiger partial charge is 0.497 e. The predicted octanol–water partition coefficient (Wildman–Crippen LogP) is 2.71. The Morgan fingerprint density at radius 2 is 2.21 bits per heavy atom. The Bertz CT molecular complexity index is 452. The number of amidine groups is 1. The molecule has 0 bridgehead atoms. The Morgan fingerprint density at radius 1 is 1.53 bits per heavy atom. The number of hydrogen-bond acceptors (Lipinski definition) is 4. The summed E-state index contributed by atoms with van der Waals surface area (Å²) in [5.41, 5.74) is 5.07. The molecule has 0 radical (unpaired) electrons. The number of halogens is 3. The Labute approximate surface area is 112 Å². The number of nitrogens with zero attached hydrogens (tertiary/aromatic N) is 1. The topological polar surface area (TPSA) is 67.8 Å². The first kappa shape index (κ1) is 15.5. The van der Waals surface area contributed by atoms with E-state index in [9.17, 15) is 13.2 Å². The summed E-state index contributed by atoms with van der Waals surface area (Å²) in [6.45, 7) is 0. The van der Waals surface area contributed by atoms with Gasteiger partial charge in [-0.2, -0.15) is 13.2 Å². The standard InChI is InChI=1S/C11H13F3N2O2S/c1-18-7-3-2-4-8(5-7)19-6-9(10(15)16-17)11(12,13)14/h2-5,9,17H,6H2,1H3,(H2,15,16). The van der Waals surface area contributed by atoms with E-state index in [1.165, 1.54) is 7.11 Å². The number of thioether (sulfide) groups is 1. The van der Waals surface area contributed by atoms with E-state index in [4.69, 9.17) is 15.7 Å². The fourth-order valence-electron chi connectivity index (χ4n) is 1.29. The third-order valence-corrected chi connectivity index (χ3v) is 3.41. The summed E-state index contributed by atoms with van der Waals surface area (Å²) in [5, 5.41) is 10.8. The molecule has 0 aliphatic carbocycles. The van der Waals surface area contributed by atoms with Crippen LogP contribution in [0.5, 0.6) is 5.75 Å². The zero-order valence-corrected chi connectivity index (χ0v) is 10.8. The van der Waals surface area contributed by atoms with Gasteiger partial charge in [-0.3, -0.25) is 0 Å². The first-order valence-corrected chi connectivity index (χ1v) is 6.18. The summed E-state index contributed by atoms with van der Waals surface area (Å²) >= 11 is 0.957. The molecule has 0 aromatic heterocycles. The fourth-order valence-corrected chi connectivity index (χ4v) is 2.38. The molecule has 0 spiro atoms. The van der Waals surface area contributed by atoms with Crippen LogP contribution in [0.25, 0.3) is 0 Å². The van der Waals surface area contributed by atoms with Gasteiger partial charge in [0.05, 0.1) is 7.11 Å². The van der Waals surface area contributed by atoms with Gasteiger partial charge in [-0.25, -0.2) is 0 Å². The SMILES string of the molecule is COc1cccc(SCC(/C(N)=N/O)C(F)(F)F)c1. The Hall–Kier alpha value is -1.57. The lowest BCUT2D eigenvalue weighted by atomic mass is 10.1. The molecule has 1 aromatic rings. The van der Waals surface area contributed by atoms with Gasteiger partial charge < -0.3 is 15.7 Å². The maximum absolute atomic E-state index is 12.7. The molecule has 0 heterocycles. The molecule has 4 nitrogen and oxygen atoms in total. The van der Waals surface area contributed by atoms with Crippen molar-refractivity contribution in [3.63, 3.8) is 0 Å². The number of benzene rings is 1. The van der Waals surface area contributed by atoms with Crippen molar-refractivity contribution in [2.75, 3.05) is 12.9 Å². The molecule has 1 rings (SSSR count). The Kier molecular flexibility index (Phi) is 5.34. The summed E-state index contributed by atoms with van der Waals surface area (Å²) in [7, 11) is 1.47. The van der Waals surface area contributed by atoms with Gasteiger partial charge >= 0.3 is 6.18 Å². The van der Waals surface area contributed by atoms with Crippen LogP contribution in [0.3, 0.4) is 0 Å². The van der Waals surface area contributed by atoms with Crippen LogP contribution in [0.2, 0.25) is 0 Å². The molecule has 0 aliphatic rings. The molecule has 0 saturated heterocycles. The molecule has 0 aliphatic heterocycles. The Balaban J connectivity index is 2.76. The van der Waals surface area contributed by atoms with E-state index < -0.39 is 17.9 Å². The number of oxime groups is 1. The maximum atomic E-state index is 12.7. The summed E-state index contributed by atoms with van der Waals surface area (Å²) < 4.78 is 43.1. The molecule has 106 valence electrons. The molecule has 19 heavy (non-hydrogen) atoms. The zero-order chi connectivity index (χ0) is 14.5. The van der Waals surface area contributed by atoms with Crippen LogP contribution in [-0.2, 0) is 0 Å². The van der Waals surface area contributed by atoms with E-state index in [0.717, 1.165) is 11.8 Å². The summed E-state index contributed by atoms with van der Waals surface area (Å²) in [5.74, 6) is -2.65. The lowest BCUT2D eigenvalue weighted by Gasteiger charge is -2.18. The van der Waals surface area contributed by atoms with Crippen LogP contribution in [0.15, 0.2) is 34.3 Å². The van der Waals surface area contributed by atoms with Gasteiger partial charge in [0, 0.05) is 10.6 Å². The summed E-state index contributed by atoms with van der Waals surface area (Å²) in [6.07, 6.45) is -4.55. The average Bonchev–Trinajstić information content (AvgIpc) is 2.37. The number of methoxy groups -OCH3 is 1. The van der Waals surface area contributed by atoms with Crippen LogP contribution in [0, 0.1) is 5.92 Å². The molecular weight excluding hydrogens is 281 g/mol. The van der Waals surface area contributed by atoms with Crippen molar-refractivity contribution in [3.05, 3.63) is 24.3 Å². The number of alkyl halides is 3. The molecular formula is C11H13F3N2O2S. The number of hydrogen-bond donors (Lipinski definition) is 2. The summed E-state index contributed by atoms with van der Waals surface area (Å²) in [4.78, 5) is 0.610. The molecule has 0 amide bonds. The van der Waals surface area contributed by atoms with E-state index in [1.807, 2.05) is 0 Å². The van der Waals surface area contributed by atoms with E-state index in [1.54, 1.807) is 24.3 Å². The third kappa shape index (κ3) is 4.55. The van der Waals surface area contributed by atoms with Crippen molar-refractivity contribution in [2.24, 2.45) is 16.8 Å². The van der Waals surface area contributed by atoms with Gasteiger partial charge in [-0.05, 0) is 18.2 Å². The van der Waals surface area contributed by atoms with Gasteiger partial charge in [0.25, 0.3) is 0 Å². The predicted molar refractivity (Wildman–Crippen MR) is 66.7 cm³/mol. The van der Waals surface area contributed by atoms with E-state index >= 15 is 0 Å². The second kappa shape index (κ2) is 6.55. The van der Waals surface area contributed by atoms with Gasteiger partial charge in [-0.15, -0.1) is 11.8 Å². The number of rotatable bonds is 5. The highest BCUT2D eigenvalue weighted by atomic mass is 32.2. The van der Waals surface area contributed by atoms with Crippen molar-refractivity contribution in [1.82, 2.24) is 0 Å². The second-order valence-corrected chi connectivity index (χ2v) is 4.70. The highest BCUT2D eigenvalue weighted by Gasteiger charge is 2.42. The van der Waals surface area contributed by atoms with E-state index in [2.05, 4.69) is 5.16 Å². The monoisotopic (exact) mass is 294 g/mol. The van der Waals surface area contributed by atoms with Gasteiger partial charge in [0.15, 0.2) is 5.84 Å². The van der Waals surface area contributed by atoms with Crippen molar-refractivity contribution in [1.29, 1.82) is 0 Å². The van der Waals surface area contributed by atoms with Crippen LogP contribution in [0.4, 0.5) is 13.2 Å². The van der Waals surface area contributed by atoms with E-state index in [0.29, 0.717) is 10.6 Å². The first-order valence-electron chi connectivity index (χ1n) is 5.19. The average molecular weight is 294 g/mol. The number of nitrogens with two attached hydrogens (primary N) is 1. The highest BCUT2D eigenvalue weighted by Crippen LogP contribution is 2.32. The zero-order valence-electron chi connectivity index (χ0n) is 10.0. The van der Waals surface area contributed by atoms with Gasteiger partial charge in [-0.1, -0.05) is 11.2 Å². The summed E-state index contributed by atoms with van der Waals surface area (Å²) in [6, 6.07) is 6.64. The van der Waals surface area contributed by atoms with Crippen molar-refractivity contribution >= 4 is 17.6 Å². The molecule has 0 fully saturated rings. The lowest BCUT2D eigenvalue weighted by molar-refractivity contribution is -0.150. The quantitative estimate of drug-likeness (QED) is 0.288.